The monoisotopic (exact) mass is 712 g/mol. The van der Waals surface area contributed by atoms with Crippen molar-refractivity contribution in [1.29, 1.82) is 0 Å². The summed E-state index contributed by atoms with van der Waals surface area (Å²) in [5.41, 5.74) is 14.0. The Balaban J connectivity index is 1.04. The van der Waals surface area contributed by atoms with E-state index in [9.17, 15) is 0 Å². The van der Waals surface area contributed by atoms with Crippen molar-refractivity contribution in [3.05, 3.63) is 212 Å². The van der Waals surface area contributed by atoms with Gasteiger partial charge in [-0.1, -0.05) is 164 Å². The van der Waals surface area contributed by atoms with E-state index in [2.05, 4.69) is 242 Å². The molecule has 0 fully saturated rings. The summed E-state index contributed by atoms with van der Waals surface area (Å²) in [6, 6.07) is 76.4. The highest BCUT2D eigenvalue weighted by molar-refractivity contribution is 6.88. The molecule has 8 aromatic carbocycles. The van der Waals surface area contributed by atoms with E-state index in [1.165, 1.54) is 38.6 Å². The molecule has 0 aromatic heterocycles. The Labute approximate surface area is 321 Å². The van der Waals surface area contributed by atoms with E-state index in [0.717, 1.165) is 34.1 Å². The van der Waals surface area contributed by atoms with Crippen LogP contribution in [0.4, 0.5) is 34.1 Å². The lowest BCUT2D eigenvalue weighted by Crippen LogP contribution is -2.37. The van der Waals surface area contributed by atoms with E-state index in [4.69, 9.17) is 0 Å². The van der Waals surface area contributed by atoms with Gasteiger partial charge in [-0.05, 0) is 106 Å². The molecular formula is C51H44N2Si. The summed E-state index contributed by atoms with van der Waals surface area (Å²) in [4.78, 5) is 4.63. The Morgan fingerprint density at radius 2 is 0.556 bits per heavy atom. The normalized spacial score (nSPS) is 11.2. The van der Waals surface area contributed by atoms with E-state index in [0.29, 0.717) is 0 Å². The van der Waals surface area contributed by atoms with Crippen molar-refractivity contribution >= 4 is 47.4 Å². The third-order valence-electron chi connectivity index (χ3n) is 10.0. The Morgan fingerprint density at radius 1 is 0.259 bits per heavy atom. The molecule has 0 heterocycles. The van der Waals surface area contributed by atoms with Gasteiger partial charge in [0.15, 0.2) is 0 Å². The molecule has 3 heteroatoms. The van der Waals surface area contributed by atoms with Crippen molar-refractivity contribution in [2.45, 2.75) is 19.6 Å². The number of hydrogen-bond donors (Lipinski definition) is 0. The first kappa shape index (κ1) is 34.7. The predicted molar refractivity (Wildman–Crippen MR) is 235 cm³/mol. The van der Waals surface area contributed by atoms with Gasteiger partial charge >= 0.3 is 0 Å². The van der Waals surface area contributed by atoms with Crippen LogP contribution in [0.15, 0.2) is 212 Å². The number of hydrogen-bond acceptors (Lipinski definition) is 2. The SMILES string of the molecule is C[Si](C)(C)c1ccc(-c2cccc(N(c3ccccc3)c3ccc(-c4ccc(-c5ccc(N(c6ccccc6)c6ccccc6)cc5)cc4)cc3)c2)cc1. The molecule has 0 aliphatic carbocycles. The zero-order chi connectivity index (χ0) is 36.9. The number of anilines is 6. The maximum atomic E-state index is 2.40. The number of rotatable bonds is 10. The van der Waals surface area contributed by atoms with Gasteiger partial charge in [-0.2, -0.15) is 0 Å². The summed E-state index contributed by atoms with van der Waals surface area (Å²) in [5.74, 6) is 0. The lowest BCUT2D eigenvalue weighted by molar-refractivity contribution is 1.28. The average Bonchev–Trinajstić information content (AvgIpc) is 3.23. The summed E-state index contributed by atoms with van der Waals surface area (Å²) in [7, 11) is -1.36. The first-order valence-electron chi connectivity index (χ1n) is 18.7. The molecule has 0 amide bonds. The first-order valence-corrected chi connectivity index (χ1v) is 22.2. The number of para-hydroxylation sites is 3. The van der Waals surface area contributed by atoms with Crippen molar-refractivity contribution in [3.63, 3.8) is 0 Å². The predicted octanol–water partition coefficient (Wildman–Crippen LogP) is 14.2. The topological polar surface area (TPSA) is 6.48 Å². The van der Waals surface area contributed by atoms with Gasteiger partial charge in [-0.3, -0.25) is 0 Å². The van der Waals surface area contributed by atoms with Crippen LogP contribution in [0, 0.1) is 0 Å². The van der Waals surface area contributed by atoms with Crippen LogP contribution in [0.2, 0.25) is 19.6 Å². The summed E-state index contributed by atoms with van der Waals surface area (Å²) in [6.45, 7) is 7.19. The molecule has 0 unspecified atom stereocenters. The fraction of sp³-hybridized carbons (Fsp3) is 0.0588. The van der Waals surface area contributed by atoms with Crippen LogP contribution in [0.1, 0.15) is 0 Å². The highest BCUT2D eigenvalue weighted by Gasteiger charge is 2.17. The van der Waals surface area contributed by atoms with E-state index < -0.39 is 8.07 Å². The first-order chi connectivity index (χ1) is 26.4. The highest BCUT2D eigenvalue weighted by Crippen LogP contribution is 2.38. The van der Waals surface area contributed by atoms with E-state index in [1.54, 1.807) is 0 Å². The largest absolute Gasteiger partial charge is 0.311 e. The molecule has 54 heavy (non-hydrogen) atoms. The van der Waals surface area contributed by atoms with Gasteiger partial charge in [-0.15, -0.1) is 0 Å². The molecule has 0 N–H and O–H groups in total. The standard InChI is InChI=1S/C51H44N2Si/c1-54(2,3)51-36-30-43(31-37-51)44-14-13-21-50(38-44)53(47-19-11-6-12-20-47)49-34-28-42(29-35-49)40-24-22-39(23-25-40)41-26-32-48(33-27-41)52(45-15-7-4-8-16-45)46-17-9-5-10-18-46/h4-38H,1-3H3. The Kier molecular flexibility index (Phi) is 9.80. The zero-order valence-electron chi connectivity index (χ0n) is 31.1. The molecule has 8 rings (SSSR count). The minimum Gasteiger partial charge on any atom is -0.311 e. The second kappa shape index (κ2) is 15.3. The molecule has 0 atom stereocenters. The Morgan fingerprint density at radius 3 is 0.944 bits per heavy atom. The van der Waals surface area contributed by atoms with Crippen molar-refractivity contribution in [1.82, 2.24) is 0 Å². The summed E-state index contributed by atoms with van der Waals surface area (Å²) < 4.78 is 0. The van der Waals surface area contributed by atoms with Crippen LogP contribution in [-0.4, -0.2) is 8.07 Å². The second-order valence-corrected chi connectivity index (χ2v) is 19.8. The van der Waals surface area contributed by atoms with Gasteiger partial charge in [0, 0.05) is 34.1 Å². The van der Waals surface area contributed by atoms with Gasteiger partial charge in [0.2, 0.25) is 0 Å². The average molecular weight is 713 g/mol. The van der Waals surface area contributed by atoms with Gasteiger partial charge in [0.25, 0.3) is 0 Å². The molecule has 0 aliphatic rings. The summed E-state index contributed by atoms with van der Waals surface area (Å²) >= 11 is 0. The van der Waals surface area contributed by atoms with Crippen LogP contribution in [0.25, 0.3) is 33.4 Å². The minimum absolute atomic E-state index is 1.12. The maximum Gasteiger partial charge on any atom is 0.0775 e. The molecule has 262 valence electrons. The van der Waals surface area contributed by atoms with Crippen LogP contribution in [-0.2, 0) is 0 Å². The van der Waals surface area contributed by atoms with Crippen LogP contribution in [0.5, 0.6) is 0 Å². The Bertz CT molecular complexity index is 2380. The molecule has 8 aromatic rings. The van der Waals surface area contributed by atoms with Gasteiger partial charge in [0.05, 0.1) is 8.07 Å². The molecule has 0 aliphatic heterocycles. The summed E-state index contributed by atoms with van der Waals surface area (Å²) in [6.07, 6.45) is 0. The molecule has 0 saturated carbocycles. The summed E-state index contributed by atoms with van der Waals surface area (Å²) in [5, 5.41) is 1.48. The number of benzene rings is 8. The van der Waals surface area contributed by atoms with Crippen LogP contribution >= 0.6 is 0 Å². The smallest absolute Gasteiger partial charge is 0.0775 e. The molecule has 0 bridgehead atoms. The molecular weight excluding hydrogens is 669 g/mol. The zero-order valence-corrected chi connectivity index (χ0v) is 32.1. The van der Waals surface area contributed by atoms with Crippen molar-refractivity contribution in [2.75, 3.05) is 9.80 Å². The molecule has 2 nitrogen and oxygen atoms in total. The van der Waals surface area contributed by atoms with Crippen molar-refractivity contribution < 1.29 is 0 Å². The van der Waals surface area contributed by atoms with Gasteiger partial charge in [-0.25, -0.2) is 0 Å². The highest BCUT2D eigenvalue weighted by atomic mass is 28.3. The van der Waals surface area contributed by atoms with Gasteiger partial charge < -0.3 is 9.80 Å². The second-order valence-electron chi connectivity index (χ2n) is 14.7. The lowest BCUT2D eigenvalue weighted by atomic mass is 9.99. The molecule has 0 spiro atoms. The third kappa shape index (κ3) is 7.54. The maximum absolute atomic E-state index is 2.40. The third-order valence-corrected chi connectivity index (χ3v) is 12.1. The molecule has 0 saturated heterocycles. The van der Waals surface area contributed by atoms with Crippen molar-refractivity contribution in [3.8, 4) is 33.4 Å². The molecule has 0 radical (unpaired) electrons. The van der Waals surface area contributed by atoms with Crippen LogP contribution < -0.4 is 15.0 Å². The minimum atomic E-state index is -1.36. The number of nitrogens with zero attached hydrogens (tertiary/aromatic N) is 2. The van der Waals surface area contributed by atoms with Crippen molar-refractivity contribution in [2.24, 2.45) is 0 Å². The Hall–Kier alpha value is -6.42. The fourth-order valence-electron chi connectivity index (χ4n) is 7.07. The van der Waals surface area contributed by atoms with E-state index >= 15 is 0 Å². The van der Waals surface area contributed by atoms with E-state index in [1.807, 2.05) is 0 Å². The fourth-order valence-corrected chi connectivity index (χ4v) is 8.24. The van der Waals surface area contributed by atoms with Gasteiger partial charge in [0.1, 0.15) is 0 Å². The van der Waals surface area contributed by atoms with E-state index in [-0.39, 0.29) is 0 Å². The quantitative estimate of drug-likeness (QED) is 0.130. The lowest BCUT2D eigenvalue weighted by Gasteiger charge is -2.26. The van der Waals surface area contributed by atoms with Crippen LogP contribution in [0.3, 0.4) is 0 Å².